The van der Waals surface area contributed by atoms with Gasteiger partial charge in [-0.25, -0.2) is 0 Å². The van der Waals surface area contributed by atoms with Gasteiger partial charge in [0, 0.05) is 18.4 Å². The van der Waals surface area contributed by atoms with Crippen molar-refractivity contribution < 1.29 is 4.79 Å². The minimum absolute atomic E-state index is 0.0544. The van der Waals surface area contributed by atoms with Gasteiger partial charge in [-0.15, -0.1) is 0 Å². The molecule has 1 rings (SSSR count). The second-order valence-electron chi connectivity index (χ2n) is 6.14. The molecule has 0 radical (unpaired) electrons. The van der Waals surface area contributed by atoms with E-state index in [0.29, 0.717) is 5.78 Å². The van der Waals surface area contributed by atoms with Crippen LogP contribution in [-0.2, 0) is 4.79 Å². The highest BCUT2D eigenvalue weighted by Crippen LogP contribution is 2.27. The summed E-state index contributed by atoms with van der Waals surface area (Å²) < 4.78 is 0. The van der Waals surface area contributed by atoms with Crippen molar-refractivity contribution in [1.29, 1.82) is 0 Å². The zero-order chi connectivity index (χ0) is 13.3. The summed E-state index contributed by atoms with van der Waals surface area (Å²) in [5.41, 5.74) is -0.0544. The van der Waals surface area contributed by atoms with Gasteiger partial charge in [-0.05, 0) is 19.4 Å². The quantitative estimate of drug-likeness (QED) is 0.594. The molecule has 0 aromatic rings. The first-order chi connectivity index (χ1) is 8.69. The second-order valence-corrected chi connectivity index (χ2v) is 6.14. The zero-order valence-corrected chi connectivity index (χ0v) is 12.4. The van der Waals surface area contributed by atoms with Crippen molar-refractivity contribution in [3.63, 3.8) is 0 Å². The van der Waals surface area contributed by atoms with Gasteiger partial charge < -0.3 is 5.32 Å². The van der Waals surface area contributed by atoms with Crippen molar-refractivity contribution in [2.45, 2.75) is 78.1 Å². The summed E-state index contributed by atoms with van der Waals surface area (Å²) in [6.45, 7) is 6.28. The fourth-order valence-corrected chi connectivity index (χ4v) is 2.78. The van der Waals surface area contributed by atoms with Crippen molar-refractivity contribution in [3.05, 3.63) is 0 Å². The number of hydrogen-bond acceptors (Lipinski definition) is 2. The Labute approximate surface area is 113 Å². The molecule has 1 N–H and O–H groups in total. The first-order valence-corrected chi connectivity index (χ1v) is 7.93. The topological polar surface area (TPSA) is 29.1 Å². The Hall–Kier alpha value is -0.370. The van der Waals surface area contributed by atoms with Crippen molar-refractivity contribution in [1.82, 2.24) is 5.32 Å². The lowest BCUT2D eigenvalue weighted by molar-refractivity contribution is -0.127. The van der Waals surface area contributed by atoms with Crippen LogP contribution in [0.3, 0.4) is 0 Å². The third-order valence-corrected chi connectivity index (χ3v) is 4.30. The molecule has 18 heavy (non-hydrogen) atoms. The molecule has 0 bridgehead atoms. The van der Waals surface area contributed by atoms with Crippen LogP contribution in [0.15, 0.2) is 0 Å². The highest BCUT2D eigenvalue weighted by Gasteiger charge is 2.34. The van der Waals surface area contributed by atoms with E-state index in [-0.39, 0.29) is 5.41 Å². The maximum absolute atomic E-state index is 12.1. The van der Waals surface area contributed by atoms with E-state index < -0.39 is 0 Å². The van der Waals surface area contributed by atoms with E-state index in [1.165, 1.54) is 44.9 Å². The number of nitrogens with one attached hydrogen (secondary N) is 1. The Morgan fingerprint density at radius 3 is 2.22 bits per heavy atom. The van der Waals surface area contributed by atoms with Gasteiger partial charge in [0.2, 0.25) is 0 Å². The van der Waals surface area contributed by atoms with E-state index >= 15 is 0 Å². The lowest BCUT2D eigenvalue weighted by Crippen LogP contribution is -2.29. The number of hydrogen-bond donors (Lipinski definition) is 1. The van der Waals surface area contributed by atoms with Crippen LogP contribution in [0, 0.1) is 5.41 Å². The predicted octanol–water partition coefficient (Wildman–Crippen LogP) is 4.09. The molecule has 1 aliphatic heterocycles. The van der Waals surface area contributed by atoms with Crippen LogP contribution < -0.4 is 5.32 Å². The monoisotopic (exact) mass is 253 g/mol. The van der Waals surface area contributed by atoms with Crippen LogP contribution in [-0.4, -0.2) is 18.9 Å². The lowest BCUT2D eigenvalue weighted by Gasteiger charge is -2.20. The van der Waals surface area contributed by atoms with Crippen LogP contribution in [0.2, 0.25) is 0 Å². The second kappa shape index (κ2) is 8.68. The maximum Gasteiger partial charge on any atom is 0.140 e. The van der Waals surface area contributed by atoms with E-state index in [2.05, 4.69) is 19.2 Å². The number of rotatable bonds is 10. The molecule has 0 saturated carbocycles. The molecule has 1 aliphatic rings. The average Bonchev–Trinajstić information content (AvgIpc) is 2.81. The normalized spacial score (nSPS) is 23.4. The Morgan fingerprint density at radius 1 is 1.06 bits per heavy atom. The summed E-state index contributed by atoms with van der Waals surface area (Å²) in [5.74, 6) is 0.485. The van der Waals surface area contributed by atoms with E-state index in [0.717, 1.165) is 32.4 Å². The SMILES string of the molecule is CCCCCCCCCCC(=O)C1(C)CCNC1. The van der Waals surface area contributed by atoms with Crippen molar-refractivity contribution >= 4 is 5.78 Å². The molecule has 0 aromatic carbocycles. The molecule has 1 saturated heterocycles. The predicted molar refractivity (Wildman–Crippen MR) is 77.8 cm³/mol. The number of ketones is 1. The van der Waals surface area contributed by atoms with E-state index in [1.807, 2.05) is 0 Å². The van der Waals surface area contributed by atoms with Gasteiger partial charge in [-0.3, -0.25) is 4.79 Å². The van der Waals surface area contributed by atoms with Crippen LogP contribution in [0.4, 0.5) is 0 Å². The van der Waals surface area contributed by atoms with E-state index in [4.69, 9.17) is 0 Å². The van der Waals surface area contributed by atoms with Crippen LogP contribution in [0.5, 0.6) is 0 Å². The van der Waals surface area contributed by atoms with Gasteiger partial charge in [-0.1, -0.05) is 58.8 Å². The summed E-state index contributed by atoms with van der Waals surface area (Å²) in [6, 6.07) is 0. The van der Waals surface area contributed by atoms with Crippen molar-refractivity contribution in [2.75, 3.05) is 13.1 Å². The molecule has 1 heterocycles. The Balaban J connectivity index is 1.96. The minimum atomic E-state index is -0.0544. The third kappa shape index (κ3) is 5.51. The molecule has 1 atom stereocenters. The Bertz CT molecular complexity index is 231. The highest BCUT2D eigenvalue weighted by molar-refractivity contribution is 5.85. The van der Waals surface area contributed by atoms with Gasteiger partial charge in [0.15, 0.2) is 0 Å². The molecule has 2 nitrogen and oxygen atoms in total. The highest BCUT2D eigenvalue weighted by atomic mass is 16.1. The van der Waals surface area contributed by atoms with Crippen LogP contribution in [0.1, 0.15) is 78.1 Å². The van der Waals surface area contributed by atoms with Crippen LogP contribution >= 0.6 is 0 Å². The first kappa shape index (κ1) is 15.7. The smallest absolute Gasteiger partial charge is 0.140 e. The van der Waals surface area contributed by atoms with Gasteiger partial charge in [0.05, 0.1) is 0 Å². The molecule has 0 spiro atoms. The molecule has 1 unspecified atom stereocenters. The van der Waals surface area contributed by atoms with Gasteiger partial charge in [0.25, 0.3) is 0 Å². The molecule has 106 valence electrons. The summed E-state index contributed by atoms with van der Waals surface area (Å²) >= 11 is 0. The van der Waals surface area contributed by atoms with E-state index in [1.54, 1.807) is 0 Å². The Morgan fingerprint density at radius 2 is 1.67 bits per heavy atom. The van der Waals surface area contributed by atoms with Gasteiger partial charge >= 0.3 is 0 Å². The average molecular weight is 253 g/mol. The maximum atomic E-state index is 12.1. The van der Waals surface area contributed by atoms with Gasteiger partial charge in [-0.2, -0.15) is 0 Å². The standard InChI is InChI=1S/C16H31NO/c1-3-4-5-6-7-8-9-10-11-15(18)16(2)12-13-17-14-16/h17H,3-14H2,1-2H3. The summed E-state index contributed by atoms with van der Waals surface area (Å²) in [7, 11) is 0. The minimum Gasteiger partial charge on any atom is -0.316 e. The number of carbonyl (C=O) groups excluding carboxylic acids is 1. The first-order valence-electron chi connectivity index (χ1n) is 7.93. The number of Topliss-reactive ketones (excluding diaryl/α,β-unsaturated/α-hetero) is 1. The molecule has 2 heteroatoms. The molecule has 0 aliphatic carbocycles. The molecular formula is C16H31NO. The fraction of sp³-hybridized carbons (Fsp3) is 0.938. The Kier molecular flexibility index (Phi) is 7.57. The molecule has 1 fully saturated rings. The summed E-state index contributed by atoms with van der Waals surface area (Å²) in [4.78, 5) is 12.1. The largest absolute Gasteiger partial charge is 0.316 e. The molecule has 0 amide bonds. The summed E-state index contributed by atoms with van der Waals surface area (Å²) in [5, 5.41) is 3.30. The fourth-order valence-electron chi connectivity index (χ4n) is 2.78. The van der Waals surface area contributed by atoms with Gasteiger partial charge in [0.1, 0.15) is 5.78 Å². The third-order valence-electron chi connectivity index (χ3n) is 4.30. The molecule has 0 aromatic heterocycles. The van der Waals surface area contributed by atoms with E-state index in [9.17, 15) is 4.79 Å². The summed E-state index contributed by atoms with van der Waals surface area (Å²) in [6.07, 6.45) is 12.3. The molecular weight excluding hydrogens is 222 g/mol. The zero-order valence-electron chi connectivity index (χ0n) is 12.4. The van der Waals surface area contributed by atoms with Crippen molar-refractivity contribution in [3.8, 4) is 0 Å². The number of carbonyl (C=O) groups is 1. The number of unbranched alkanes of at least 4 members (excludes halogenated alkanes) is 7. The van der Waals surface area contributed by atoms with Crippen LogP contribution in [0.25, 0.3) is 0 Å². The lowest BCUT2D eigenvalue weighted by atomic mass is 9.82. The van der Waals surface area contributed by atoms with Crippen molar-refractivity contribution in [2.24, 2.45) is 5.41 Å².